The maximum atomic E-state index is 13.4. The molecule has 29 heavy (non-hydrogen) atoms. The standard InChI is InChI=1S/C18H21F3N6O2/c1-9-14-16(27(26-9)11-4-5-28-8-11)25-17-22-6-12(18(19,20)21)15(24-17)23-13-3-2-10(13)7-29-14/h6,10-11,13H,2-5,7-8H2,1H3,(H2,22,23,24,25)/t10-,11?,13+/m0/s1. The number of hydrogen-bond donors (Lipinski definition) is 2. The lowest BCUT2D eigenvalue weighted by atomic mass is 9.80. The van der Waals surface area contributed by atoms with Gasteiger partial charge in [-0.2, -0.15) is 23.3 Å². The van der Waals surface area contributed by atoms with Crippen molar-refractivity contribution in [3.8, 4) is 5.75 Å². The van der Waals surface area contributed by atoms with Gasteiger partial charge in [0, 0.05) is 24.8 Å². The zero-order valence-electron chi connectivity index (χ0n) is 15.8. The number of aryl methyl sites for hydroxylation is 1. The Morgan fingerprint density at radius 3 is 2.76 bits per heavy atom. The number of nitrogens with one attached hydrogen (secondary N) is 2. The van der Waals surface area contributed by atoms with Crippen LogP contribution >= 0.6 is 0 Å². The fourth-order valence-electron chi connectivity index (χ4n) is 3.99. The Morgan fingerprint density at radius 1 is 1.21 bits per heavy atom. The summed E-state index contributed by atoms with van der Waals surface area (Å²) in [5, 5.41) is 10.6. The third kappa shape index (κ3) is 3.26. The van der Waals surface area contributed by atoms with Crippen molar-refractivity contribution in [3.05, 3.63) is 17.5 Å². The predicted octanol–water partition coefficient (Wildman–Crippen LogP) is 3.29. The first-order valence-corrected chi connectivity index (χ1v) is 9.67. The number of nitrogens with zero attached hydrogens (tertiary/aromatic N) is 4. The van der Waals surface area contributed by atoms with Gasteiger partial charge in [-0.25, -0.2) is 9.67 Å². The average molecular weight is 410 g/mol. The van der Waals surface area contributed by atoms with Crippen LogP contribution in [0.3, 0.4) is 0 Å². The molecule has 3 atom stereocenters. The van der Waals surface area contributed by atoms with E-state index in [9.17, 15) is 13.2 Å². The van der Waals surface area contributed by atoms with Gasteiger partial charge >= 0.3 is 6.18 Å². The van der Waals surface area contributed by atoms with E-state index >= 15 is 0 Å². The highest BCUT2D eigenvalue weighted by Crippen LogP contribution is 2.40. The maximum Gasteiger partial charge on any atom is 0.421 e. The van der Waals surface area contributed by atoms with Crippen LogP contribution in [0, 0.1) is 12.8 Å². The normalized spacial score (nSPS) is 26.1. The summed E-state index contributed by atoms with van der Waals surface area (Å²) < 4.78 is 53.7. The minimum absolute atomic E-state index is 0.0159. The number of hydrogen-bond acceptors (Lipinski definition) is 7. The van der Waals surface area contributed by atoms with E-state index < -0.39 is 11.7 Å². The van der Waals surface area contributed by atoms with Gasteiger partial charge in [-0.1, -0.05) is 0 Å². The molecule has 1 aliphatic carbocycles. The van der Waals surface area contributed by atoms with Gasteiger partial charge in [-0.3, -0.25) is 0 Å². The summed E-state index contributed by atoms with van der Waals surface area (Å²) in [4.78, 5) is 8.06. The summed E-state index contributed by atoms with van der Waals surface area (Å²) in [6, 6.07) is -0.110. The summed E-state index contributed by atoms with van der Waals surface area (Å²) in [5.74, 6) is 1.07. The first-order valence-electron chi connectivity index (χ1n) is 9.67. The first-order chi connectivity index (χ1) is 13.9. The zero-order chi connectivity index (χ0) is 20.2. The molecule has 0 radical (unpaired) electrons. The number of anilines is 3. The molecule has 1 saturated carbocycles. The molecule has 156 valence electrons. The number of halogens is 3. The van der Waals surface area contributed by atoms with Gasteiger partial charge in [0.2, 0.25) is 5.95 Å². The minimum Gasteiger partial charge on any atom is -0.487 e. The first kappa shape index (κ1) is 18.5. The summed E-state index contributed by atoms with van der Waals surface area (Å²) in [7, 11) is 0. The van der Waals surface area contributed by atoms with Crippen molar-refractivity contribution in [1.29, 1.82) is 0 Å². The third-order valence-corrected chi connectivity index (χ3v) is 5.79. The Labute approximate surface area is 164 Å². The van der Waals surface area contributed by atoms with Crippen LogP contribution in [0.15, 0.2) is 6.20 Å². The second-order valence-corrected chi connectivity index (χ2v) is 7.70. The van der Waals surface area contributed by atoms with E-state index in [0.717, 1.165) is 25.5 Å². The van der Waals surface area contributed by atoms with Crippen LogP contribution in [-0.4, -0.2) is 45.6 Å². The SMILES string of the molecule is Cc1nn(C2CCOC2)c2c1OC[C@@H]1CC[C@H]1Nc1nc(ncc1C(F)(F)F)N2. The zero-order valence-corrected chi connectivity index (χ0v) is 15.8. The molecule has 1 unspecified atom stereocenters. The number of rotatable bonds is 1. The molecule has 3 aliphatic rings. The van der Waals surface area contributed by atoms with E-state index in [4.69, 9.17) is 9.47 Å². The minimum atomic E-state index is -4.54. The molecule has 11 heteroatoms. The quantitative estimate of drug-likeness (QED) is 0.746. The fourth-order valence-corrected chi connectivity index (χ4v) is 3.99. The molecule has 2 aromatic heterocycles. The lowest BCUT2D eigenvalue weighted by Gasteiger charge is -2.37. The number of fused-ring (bicyclic) bond motifs is 4. The molecule has 1 saturated heterocycles. The van der Waals surface area contributed by atoms with Gasteiger partial charge < -0.3 is 20.1 Å². The maximum absolute atomic E-state index is 13.4. The van der Waals surface area contributed by atoms with Crippen molar-refractivity contribution in [3.63, 3.8) is 0 Å². The van der Waals surface area contributed by atoms with Crippen molar-refractivity contribution in [2.24, 2.45) is 5.92 Å². The Bertz CT molecular complexity index is 925. The molecule has 2 aromatic rings. The smallest absolute Gasteiger partial charge is 0.421 e. The highest BCUT2D eigenvalue weighted by Gasteiger charge is 2.39. The molecule has 2 N–H and O–H groups in total. The highest BCUT2D eigenvalue weighted by molar-refractivity contribution is 5.62. The molecular formula is C18H21F3N6O2. The van der Waals surface area contributed by atoms with Crippen LogP contribution in [0.5, 0.6) is 5.75 Å². The Morgan fingerprint density at radius 2 is 2.07 bits per heavy atom. The van der Waals surface area contributed by atoms with Crippen molar-refractivity contribution in [2.75, 3.05) is 30.5 Å². The third-order valence-electron chi connectivity index (χ3n) is 5.79. The largest absolute Gasteiger partial charge is 0.487 e. The van der Waals surface area contributed by atoms with Gasteiger partial charge in [0.25, 0.3) is 0 Å². The van der Waals surface area contributed by atoms with E-state index in [0.29, 0.717) is 37.1 Å². The van der Waals surface area contributed by atoms with Crippen LogP contribution in [0.25, 0.3) is 0 Å². The average Bonchev–Trinajstić information content (AvgIpc) is 3.27. The molecule has 5 rings (SSSR count). The van der Waals surface area contributed by atoms with Gasteiger partial charge in [-0.05, 0) is 26.2 Å². The molecule has 4 heterocycles. The number of alkyl halides is 3. The van der Waals surface area contributed by atoms with Gasteiger partial charge in [0.05, 0.1) is 19.3 Å². The van der Waals surface area contributed by atoms with Crippen LogP contribution in [0.1, 0.15) is 36.6 Å². The van der Waals surface area contributed by atoms with Crippen LogP contribution < -0.4 is 15.4 Å². The van der Waals surface area contributed by atoms with Crippen LogP contribution in [-0.2, 0) is 10.9 Å². The van der Waals surface area contributed by atoms with E-state index in [1.54, 1.807) is 4.68 Å². The van der Waals surface area contributed by atoms with E-state index in [1.165, 1.54) is 0 Å². The Balaban J connectivity index is 1.60. The van der Waals surface area contributed by atoms with Crippen molar-refractivity contribution < 1.29 is 22.6 Å². The summed E-state index contributed by atoms with van der Waals surface area (Å²) >= 11 is 0. The molecule has 2 fully saturated rings. The molecule has 0 amide bonds. The topological polar surface area (TPSA) is 86.1 Å². The summed E-state index contributed by atoms with van der Waals surface area (Å²) in [6.45, 7) is 3.39. The molecule has 0 aromatic carbocycles. The Hall–Kier alpha value is -2.56. The number of aromatic nitrogens is 4. The number of ether oxygens (including phenoxy) is 2. The monoisotopic (exact) mass is 410 g/mol. The molecule has 2 bridgehead atoms. The second-order valence-electron chi connectivity index (χ2n) is 7.70. The lowest BCUT2D eigenvalue weighted by Crippen LogP contribution is -2.42. The van der Waals surface area contributed by atoms with Gasteiger partial charge in [-0.15, -0.1) is 0 Å². The van der Waals surface area contributed by atoms with Gasteiger partial charge in [0.15, 0.2) is 11.6 Å². The lowest BCUT2D eigenvalue weighted by molar-refractivity contribution is -0.137. The molecule has 2 aliphatic heterocycles. The van der Waals surface area contributed by atoms with Crippen molar-refractivity contribution in [2.45, 2.75) is 44.4 Å². The Kier molecular flexibility index (Phi) is 4.30. The highest BCUT2D eigenvalue weighted by atomic mass is 19.4. The van der Waals surface area contributed by atoms with Crippen molar-refractivity contribution >= 4 is 17.6 Å². The molecular weight excluding hydrogens is 389 g/mol. The molecule has 8 nitrogen and oxygen atoms in total. The predicted molar refractivity (Wildman–Crippen MR) is 97.4 cm³/mol. The van der Waals surface area contributed by atoms with E-state index in [2.05, 4.69) is 25.7 Å². The van der Waals surface area contributed by atoms with Crippen LogP contribution in [0.4, 0.5) is 30.8 Å². The second kappa shape index (κ2) is 6.75. The summed E-state index contributed by atoms with van der Waals surface area (Å²) in [5.41, 5.74) is -0.169. The van der Waals surface area contributed by atoms with E-state index in [-0.39, 0.29) is 29.8 Å². The summed E-state index contributed by atoms with van der Waals surface area (Å²) in [6.07, 6.45) is -1.29. The van der Waals surface area contributed by atoms with Gasteiger partial charge in [0.1, 0.15) is 17.1 Å². The van der Waals surface area contributed by atoms with Crippen molar-refractivity contribution in [1.82, 2.24) is 19.7 Å². The van der Waals surface area contributed by atoms with Crippen LogP contribution in [0.2, 0.25) is 0 Å². The van der Waals surface area contributed by atoms with E-state index in [1.807, 2.05) is 6.92 Å². The fraction of sp³-hybridized carbons (Fsp3) is 0.611. The molecule has 0 spiro atoms.